The van der Waals surface area contributed by atoms with Crippen LogP contribution in [0.25, 0.3) is 0 Å². The third-order valence-corrected chi connectivity index (χ3v) is 4.45. The average molecular weight is 286 g/mol. The number of aromatic nitrogens is 2. The largest absolute Gasteiger partial charge is 0.394 e. The highest BCUT2D eigenvalue weighted by atomic mass is 32.2. The molecule has 1 aromatic heterocycles. The summed E-state index contributed by atoms with van der Waals surface area (Å²) < 4.78 is 7.11. The van der Waals surface area contributed by atoms with Gasteiger partial charge in [0.05, 0.1) is 12.7 Å². The molecule has 0 spiro atoms. The predicted molar refractivity (Wildman–Crippen MR) is 73.6 cm³/mol. The van der Waals surface area contributed by atoms with Crippen molar-refractivity contribution in [2.75, 3.05) is 12.4 Å². The lowest BCUT2D eigenvalue weighted by molar-refractivity contribution is -0.0238. The van der Waals surface area contributed by atoms with Crippen LogP contribution in [-0.4, -0.2) is 38.4 Å². The summed E-state index contributed by atoms with van der Waals surface area (Å²) in [4.78, 5) is 25.4. The van der Waals surface area contributed by atoms with Gasteiger partial charge in [0, 0.05) is 23.4 Å². The minimum atomic E-state index is -0.473. The van der Waals surface area contributed by atoms with Crippen molar-refractivity contribution in [2.45, 2.75) is 37.9 Å². The molecule has 1 fully saturated rings. The van der Waals surface area contributed by atoms with Gasteiger partial charge in [-0.05, 0) is 12.7 Å². The zero-order valence-corrected chi connectivity index (χ0v) is 11.8. The van der Waals surface area contributed by atoms with Crippen molar-refractivity contribution in [3.63, 3.8) is 0 Å². The Labute approximate surface area is 114 Å². The number of nitrogens with one attached hydrogen (secondary N) is 1. The quantitative estimate of drug-likeness (QED) is 0.828. The summed E-state index contributed by atoms with van der Waals surface area (Å²) in [6, 6.07) is 0. The van der Waals surface area contributed by atoms with E-state index in [1.807, 2.05) is 6.92 Å². The molecule has 2 heterocycles. The van der Waals surface area contributed by atoms with Gasteiger partial charge in [-0.15, -0.1) is 0 Å². The number of thioether (sulfide) groups is 1. The first-order valence-corrected chi connectivity index (χ1v) is 7.31. The van der Waals surface area contributed by atoms with Crippen LogP contribution in [0.1, 0.15) is 25.1 Å². The fourth-order valence-electron chi connectivity index (χ4n) is 2.22. The molecule has 3 atom stereocenters. The van der Waals surface area contributed by atoms with Crippen LogP contribution in [0.5, 0.6) is 0 Å². The molecule has 1 aliphatic rings. The van der Waals surface area contributed by atoms with Crippen molar-refractivity contribution in [3.05, 3.63) is 32.6 Å². The van der Waals surface area contributed by atoms with Gasteiger partial charge in [0.25, 0.3) is 5.56 Å². The zero-order valence-electron chi connectivity index (χ0n) is 11.0. The van der Waals surface area contributed by atoms with E-state index in [1.54, 1.807) is 18.7 Å². The number of aliphatic hydroxyl groups excluding tert-OH is 1. The van der Waals surface area contributed by atoms with Crippen molar-refractivity contribution in [1.82, 2.24) is 9.55 Å². The molecule has 2 rings (SSSR count). The van der Waals surface area contributed by atoms with Crippen LogP contribution in [0.3, 0.4) is 0 Å². The van der Waals surface area contributed by atoms with Crippen LogP contribution in [0, 0.1) is 6.92 Å². The van der Waals surface area contributed by atoms with Crippen LogP contribution in [0.2, 0.25) is 0 Å². The monoisotopic (exact) mass is 286 g/mol. The first-order valence-electron chi connectivity index (χ1n) is 6.26. The summed E-state index contributed by atoms with van der Waals surface area (Å²) in [6.07, 6.45) is 1.47. The second-order valence-electron chi connectivity index (χ2n) is 4.52. The number of nitrogens with zero attached hydrogens (tertiary/aromatic N) is 1. The third kappa shape index (κ3) is 2.93. The second-order valence-corrected chi connectivity index (χ2v) is 6.04. The van der Waals surface area contributed by atoms with Crippen molar-refractivity contribution < 1.29 is 9.84 Å². The molecule has 0 amide bonds. The molecule has 6 nitrogen and oxygen atoms in total. The van der Waals surface area contributed by atoms with E-state index in [0.717, 1.165) is 5.75 Å². The fraction of sp³-hybridized carbons (Fsp3) is 0.667. The van der Waals surface area contributed by atoms with Crippen molar-refractivity contribution in [2.24, 2.45) is 0 Å². The summed E-state index contributed by atoms with van der Waals surface area (Å²) in [7, 11) is 0. The lowest BCUT2D eigenvalue weighted by Crippen LogP contribution is -2.33. The van der Waals surface area contributed by atoms with Crippen LogP contribution in [-0.2, 0) is 4.74 Å². The van der Waals surface area contributed by atoms with E-state index < -0.39 is 11.9 Å². The second kappa shape index (κ2) is 5.94. The van der Waals surface area contributed by atoms with Crippen molar-refractivity contribution >= 4 is 11.8 Å². The zero-order chi connectivity index (χ0) is 14.0. The van der Waals surface area contributed by atoms with E-state index in [4.69, 9.17) is 4.74 Å². The van der Waals surface area contributed by atoms with Gasteiger partial charge < -0.3 is 9.84 Å². The number of hydrogen-bond donors (Lipinski definition) is 2. The molecule has 2 N–H and O–H groups in total. The van der Waals surface area contributed by atoms with Gasteiger partial charge >= 0.3 is 5.69 Å². The lowest BCUT2D eigenvalue weighted by atomic mass is 10.2. The van der Waals surface area contributed by atoms with Crippen molar-refractivity contribution in [1.29, 1.82) is 0 Å². The maximum Gasteiger partial charge on any atom is 0.330 e. The molecule has 19 heavy (non-hydrogen) atoms. The topological polar surface area (TPSA) is 84.3 Å². The molecular formula is C12H18N2O4S. The van der Waals surface area contributed by atoms with Gasteiger partial charge in [-0.3, -0.25) is 14.3 Å². The molecule has 0 saturated carbocycles. The SMILES string of the molecule is CCS[C@H]1C[C@H](n2cc(C)c(=O)[nH]c2=O)O[C@@H]1CO. The molecule has 0 unspecified atom stereocenters. The predicted octanol–water partition coefficient (Wildman–Crippen LogP) is 0.247. The molecule has 0 radical (unpaired) electrons. The average Bonchev–Trinajstić information content (AvgIpc) is 2.77. The Bertz CT molecular complexity index is 553. The highest BCUT2D eigenvalue weighted by Crippen LogP contribution is 2.35. The van der Waals surface area contributed by atoms with E-state index in [0.29, 0.717) is 12.0 Å². The van der Waals surface area contributed by atoms with Gasteiger partial charge in [-0.2, -0.15) is 11.8 Å². The highest BCUT2D eigenvalue weighted by molar-refractivity contribution is 7.99. The minimum Gasteiger partial charge on any atom is -0.394 e. The van der Waals surface area contributed by atoms with Crippen LogP contribution in [0.15, 0.2) is 15.8 Å². The van der Waals surface area contributed by atoms with Gasteiger partial charge in [-0.1, -0.05) is 6.92 Å². The maximum absolute atomic E-state index is 11.8. The van der Waals surface area contributed by atoms with Gasteiger partial charge in [0.1, 0.15) is 6.23 Å². The van der Waals surface area contributed by atoms with Crippen LogP contribution in [0.4, 0.5) is 0 Å². The van der Waals surface area contributed by atoms with E-state index in [2.05, 4.69) is 4.98 Å². The molecular weight excluding hydrogens is 268 g/mol. The minimum absolute atomic E-state index is 0.0642. The van der Waals surface area contributed by atoms with Crippen LogP contribution >= 0.6 is 11.8 Å². The van der Waals surface area contributed by atoms with Gasteiger partial charge in [-0.25, -0.2) is 4.79 Å². The first kappa shape index (κ1) is 14.4. The van der Waals surface area contributed by atoms with Crippen molar-refractivity contribution in [3.8, 4) is 0 Å². The Morgan fingerprint density at radius 1 is 1.58 bits per heavy atom. The molecule has 0 aromatic carbocycles. The lowest BCUT2D eigenvalue weighted by Gasteiger charge is -2.15. The Balaban J connectivity index is 2.27. The fourth-order valence-corrected chi connectivity index (χ4v) is 3.32. The summed E-state index contributed by atoms with van der Waals surface area (Å²) in [5, 5.41) is 9.48. The Hall–Kier alpha value is -1.05. The Morgan fingerprint density at radius 3 is 2.95 bits per heavy atom. The molecule has 1 aliphatic heterocycles. The van der Waals surface area contributed by atoms with E-state index >= 15 is 0 Å². The summed E-state index contributed by atoms with van der Waals surface area (Å²) in [6.45, 7) is 3.62. The number of hydrogen-bond acceptors (Lipinski definition) is 5. The molecule has 1 aromatic rings. The number of ether oxygens (including phenoxy) is 1. The number of aliphatic hydroxyl groups is 1. The first-order chi connectivity index (χ1) is 9.06. The van der Waals surface area contributed by atoms with E-state index in [1.165, 1.54) is 10.8 Å². The maximum atomic E-state index is 11.8. The number of H-pyrrole nitrogens is 1. The van der Waals surface area contributed by atoms with Crippen LogP contribution < -0.4 is 11.2 Å². The van der Waals surface area contributed by atoms with Gasteiger partial charge in [0.2, 0.25) is 0 Å². The summed E-state index contributed by atoms with van der Waals surface area (Å²) in [5.74, 6) is 0.927. The number of aryl methyl sites for hydroxylation is 1. The number of aromatic amines is 1. The Kier molecular flexibility index (Phi) is 4.49. The highest BCUT2D eigenvalue weighted by Gasteiger charge is 2.36. The Morgan fingerprint density at radius 2 is 2.32 bits per heavy atom. The molecule has 1 saturated heterocycles. The molecule has 0 aliphatic carbocycles. The van der Waals surface area contributed by atoms with Gasteiger partial charge in [0.15, 0.2) is 0 Å². The molecule has 0 bridgehead atoms. The van der Waals surface area contributed by atoms with E-state index in [9.17, 15) is 14.7 Å². The third-order valence-electron chi connectivity index (χ3n) is 3.20. The molecule has 7 heteroatoms. The summed E-state index contributed by atoms with van der Waals surface area (Å²) in [5.41, 5.74) is -0.382. The standard InChI is InChI=1S/C12H18N2O4S/c1-3-19-9-4-10(18-8(9)6-15)14-5-7(2)11(16)13-12(14)17/h5,8-10,15H,3-4,6H2,1-2H3,(H,13,16,17)/t8-,9+,10-/m1/s1. The number of rotatable bonds is 4. The normalized spacial score (nSPS) is 26.8. The smallest absolute Gasteiger partial charge is 0.330 e. The summed E-state index contributed by atoms with van der Waals surface area (Å²) >= 11 is 1.71. The molecule has 106 valence electrons. The van der Waals surface area contributed by atoms with E-state index in [-0.39, 0.29) is 23.5 Å².